The number of hydrogen-bond donors (Lipinski definition) is 2. The highest BCUT2D eigenvalue weighted by atomic mass is 15.3. The number of anilines is 1. The van der Waals surface area contributed by atoms with Gasteiger partial charge in [-0.05, 0) is 27.0 Å². The van der Waals surface area contributed by atoms with Gasteiger partial charge in [0.1, 0.15) is 5.84 Å². The molecule has 1 saturated heterocycles. The number of aromatic nitrogens is 1. The van der Waals surface area contributed by atoms with Gasteiger partial charge in [0.05, 0.1) is 11.9 Å². The van der Waals surface area contributed by atoms with Crippen molar-refractivity contribution in [2.24, 2.45) is 5.73 Å². The second kappa shape index (κ2) is 4.94. The van der Waals surface area contributed by atoms with Gasteiger partial charge in [-0.3, -0.25) is 15.3 Å². The van der Waals surface area contributed by atoms with E-state index in [1.807, 2.05) is 12.3 Å². The number of nitrogens with two attached hydrogens (primary N) is 1. The fourth-order valence-electron chi connectivity index (χ4n) is 2.47. The van der Waals surface area contributed by atoms with Crippen LogP contribution in [0.3, 0.4) is 0 Å². The standard InChI is InChI=1S/C13H21N5/c1-9-7-18(8-10(2)17(9)3)12-6-16-5-4-11(12)13(14)15/h4-6,9-10H,7-8H2,1-3H3,(H3,14,15). The molecule has 1 aromatic heterocycles. The minimum Gasteiger partial charge on any atom is -0.384 e. The first kappa shape index (κ1) is 12.8. The van der Waals surface area contributed by atoms with Gasteiger partial charge >= 0.3 is 0 Å². The molecule has 0 aliphatic carbocycles. The van der Waals surface area contributed by atoms with E-state index in [-0.39, 0.29) is 5.84 Å². The average Bonchev–Trinajstić information content (AvgIpc) is 2.35. The molecule has 0 spiro atoms. The number of amidine groups is 1. The van der Waals surface area contributed by atoms with Crippen LogP contribution in [-0.4, -0.2) is 47.9 Å². The molecule has 18 heavy (non-hydrogen) atoms. The molecule has 98 valence electrons. The average molecular weight is 247 g/mol. The second-order valence-corrected chi connectivity index (χ2v) is 5.07. The summed E-state index contributed by atoms with van der Waals surface area (Å²) in [6, 6.07) is 2.77. The summed E-state index contributed by atoms with van der Waals surface area (Å²) in [6.07, 6.45) is 3.49. The SMILES string of the molecule is CC1CN(c2cnccc2C(=N)N)CC(C)N1C. The molecule has 3 N–H and O–H groups in total. The lowest BCUT2D eigenvalue weighted by molar-refractivity contribution is 0.170. The second-order valence-electron chi connectivity index (χ2n) is 5.07. The molecule has 5 heteroatoms. The largest absolute Gasteiger partial charge is 0.384 e. The zero-order valence-corrected chi connectivity index (χ0v) is 11.2. The Balaban J connectivity index is 2.30. The molecule has 2 unspecified atom stereocenters. The van der Waals surface area contributed by atoms with E-state index in [0.29, 0.717) is 12.1 Å². The Labute approximate surface area is 108 Å². The monoisotopic (exact) mass is 247 g/mol. The number of nitrogens with one attached hydrogen (secondary N) is 1. The van der Waals surface area contributed by atoms with Crippen molar-refractivity contribution in [3.8, 4) is 0 Å². The first-order chi connectivity index (χ1) is 8.50. The van der Waals surface area contributed by atoms with Gasteiger partial charge in [0.15, 0.2) is 0 Å². The normalized spacial score (nSPS) is 25.2. The molecule has 0 bridgehead atoms. The first-order valence-corrected chi connectivity index (χ1v) is 6.26. The predicted octanol–water partition coefficient (Wildman–Crippen LogP) is 0.894. The summed E-state index contributed by atoms with van der Waals surface area (Å²) in [5.41, 5.74) is 7.38. The number of rotatable bonds is 2. The van der Waals surface area contributed by atoms with Crippen LogP contribution >= 0.6 is 0 Å². The zero-order valence-electron chi connectivity index (χ0n) is 11.2. The summed E-state index contributed by atoms with van der Waals surface area (Å²) in [4.78, 5) is 8.82. The van der Waals surface area contributed by atoms with E-state index in [4.69, 9.17) is 11.1 Å². The highest BCUT2D eigenvalue weighted by Gasteiger charge is 2.27. The molecule has 2 atom stereocenters. The Morgan fingerprint density at radius 3 is 2.56 bits per heavy atom. The molecule has 5 nitrogen and oxygen atoms in total. The maximum absolute atomic E-state index is 7.65. The van der Waals surface area contributed by atoms with Crippen molar-refractivity contribution in [3.05, 3.63) is 24.0 Å². The van der Waals surface area contributed by atoms with Crippen LogP contribution in [0.4, 0.5) is 5.69 Å². The third kappa shape index (κ3) is 2.31. The lowest BCUT2D eigenvalue weighted by Gasteiger charge is -2.43. The highest BCUT2D eigenvalue weighted by Crippen LogP contribution is 2.23. The first-order valence-electron chi connectivity index (χ1n) is 6.26. The summed E-state index contributed by atoms with van der Waals surface area (Å²) >= 11 is 0. The van der Waals surface area contributed by atoms with E-state index < -0.39 is 0 Å². The van der Waals surface area contributed by atoms with Gasteiger partial charge in [-0.1, -0.05) is 0 Å². The van der Waals surface area contributed by atoms with Crippen molar-refractivity contribution in [1.82, 2.24) is 9.88 Å². The minimum atomic E-state index is 0.103. The van der Waals surface area contributed by atoms with Crippen LogP contribution in [-0.2, 0) is 0 Å². The minimum absolute atomic E-state index is 0.103. The van der Waals surface area contributed by atoms with Crippen molar-refractivity contribution in [2.45, 2.75) is 25.9 Å². The van der Waals surface area contributed by atoms with E-state index in [1.165, 1.54) is 0 Å². The van der Waals surface area contributed by atoms with Crippen LogP contribution in [0.25, 0.3) is 0 Å². The number of hydrogen-bond acceptors (Lipinski definition) is 4. The highest BCUT2D eigenvalue weighted by molar-refractivity contribution is 6.00. The molecule has 1 aromatic rings. The molecule has 1 aliphatic heterocycles. The predicted molar refractivity (Wildman–Crippen MR) is 74.2 cm³/mol. The molecular weight excluding hydrogens is 226 g/mol. The van der Waals surface area contributed by atoms with Crippen molar-refractivity contribution < 1.29 is 0 Å². The van der Waals surface area contributed by atoms with Crippen LogP contribution in [0, 0.1) is 5.41 Å². The quantitative estimate of drug-likeness (QED) is 0.601. The van der Waals surface area contributed by atoms with Gasteiger partial charge < -0.3 is 10.6 Å². The van der Waals surface area contributed by atoms with Crippen molar-refractivity contribution in [2.75, 3.05) is 25.0 Å². The van der Waals surface area contributed by atoms with E-state index in [0.717, 1.165) is 24.3 Å². The third-order valence-electron chi connectivity index (χ3n) is 3.79. The van der Waals surface area contributed by atoms with Crippen molar-refractivity contribution >= 4 is 11.5 Å². The zero-order chi connectivity index (χ0) is 13.3. The molecule has 0 amide bonds. The van der Waals surface area contributed by atoms with Gasteiger partial charge in [0.25, 0.3) is 0 Å². The van der Waals surface area contributed by atoms with Crippen molar-refractivity contribution in [1.29, 1.82) is 5.41 Å². The Morgan fingerprint density at radius 1 is 1.39 bits per heavy atom. The maximum Gasteiger partial charge on any atom is 0.125 e. The molecule has 2 heterocycles. The Morgan fingerprint density at radius 2 is 2.00 bits per heavy atom. The Kier molecular flexibility index (Phi) is 3.52. The summed E-state index contributed by atoms with van der Waals surface area (Å²) < 4.78 is 0. The number of nitrogens with zero attached hydrogens (tertiary/aromatic N) is 3. The number of piperazine rings is 1. The van der Waals surface area contributed by atoms with Crippen molar-refractivity contribution in [3.63, 3.8) is 0 Å². The Bertz CT molecular complexity index is 433. The molecule has 1 fully saturated rings. The van der Waals surface area contributed by atoms with Crippen LogP contribution < -0.4 is 10.6 Å². The van der Waals surface area contributed by atoms with Gasteiger partial charge in [-0.2, -0.15) is 0 Å². The molecule has 2 rings (SSSR count). The lowest BCUT2D eigenvalue weighted by atomic mass is 10.1. The van der Waals surface area contributed by atoms with Gasteiger partial charge in [0, 0.05) is 36.9 Å². The van der Waals surface area contributed by atoms with E-state index >= 15 is 0 Å². The summed E-state index contributed by atoms with van der Waals surface area (Å²) in [5, 5.41) is 7.65. The molecule has 0 radical (unpaired) electrons. The Hall–Kier alpha value is -1.62. The number of pyridine rings is 1. The third-order valence-corrected chi connectivity index (χ3v) is 3.79. The smallest absolute Gasteiger partial charge is 0.125 e. The molecular formula is C13H21N5. The van der Waals surface area contributed by atoms with Crippen LogP contribution in [0.15, 0.2) is 18.5 Å². The molecule has 0 saturated carbocycles. The summed E-state index contributed by atoms with van der Waals surface area (Å²) in [6.45, 7) is 6.30. The van der Waals surface area contributed by atoms with Crippen LogP contribution in [0.1, 0.15) is 19.4 Å². The van der Waals surface area contributed by atoms with Gasteiger partial charge in [-0.15, -0.1) is 0 Å². The fraction of sp³-hybridized carbons (Fsp3) is 0.538. The lowest BCUT2D eigenvalue weighted by Crippen LogP contribution is -2.55. The summed E-state index contributed by atoms with van der Waals surface area (Å²) in [7, 11) is 2.15. The van der Waals surface area contributed by atoms with Crippen LogP contribution in [0.5, 0.6) is 0 Å². The number of likely N-dealkylation sites (N-methyl/N-ethyl adjacent to an activating group) is 1. The van der Waals surface area contributed by atoms with E-state index in [2.05, 4.69) is 35.7 Å². The van der Waals surface area contributed by atoms with E-state index in [1.54, 1.807) is 6.20 Å². The van der Waals surface area contributed by atoms with E-state index in [9.17, 15) is 0 Å². The maximum atomic E-state index is 7.65. The van der Waals surface area contributed by atoms with Crippen LogP contribution in [0.2, 0.25) is 0 Å². The topological polar surface area (TPSA) is 69.2 Å². The molecule has 1 aliphatic rings. The fourth-order valence-corrected chi connectivity index (χ4v) is 2.47. The molecule has 0 aromatic carbocycles. The number of nitrogen functional groups attached to an aromatic ring is 1. The summed E-state index contributed by atoms with van der Waals surface area (Å²) in [5.74, 6) is 0.103. The van der Waals surface area contributed by atoms with Gasteiger partial charge in [-0.25, -0.2) is 0 Å². The van der Waals surface area contributed by atoms with Gasteiger partial charge in [0.2, 0.25) is 0 Å².